The number of nitrogens with zero attached hydrogens (tertiary/aromatic N) is 3. The lowest BCUT2D eigenvalue weighted by atomic mass is 10.2. The van der Waals surface area contributed by atoms with E-state index in [1.165, 1.54) is 17.0 Å². The third-order valence-electron chi connectivity index (χ3n) is 5.24. The summed E-state index contributed by atoms with van der Waals surface area (Å²) in [5, 5.41) is -0.0435. The Kier molecular flexibility index (Phi) is 6.79. The van der Waals surface area contributed by atoms with E-state index < -0.39 is 16.1 Å². The summed E-state index contributed by atoms with van der Waals surface area (Å²) >= 11 is 6.36. The molecule has 0 radical (unpaired) electrons. The molecule has 2 saturated heterocycles. The number of hydrogen-bond acceptors (Lipinski definition) is 6. The summed E-state index contributed by atoms with van der Waals surface area (Å²) < 4.78 is 28.3. The first-order valence-corrected chi connectivity index (χ1v) is 11.4. The molecular formula is C18H26ClN5O4S. The highest BCUT2D eigenvalue weighted by atomic mass is 35.5. The Morgan fingerprint density at radius 3 is 2.52 bits per heavy atom. The predicted molar refractivity (Wildman–Crippen MR) is 110 cm³/mol. The van der Waals surface area contributed by atoms with E-state index in [4.69, 9.17) is 17.3 Å². The van der Waals surface area contributed by atoms with Gasteiger partial charge in [0.05, 0.1) is 10.7 Å². The molecule has 0 bridgehead atoms. The molecule has 0 spiro atoms. The standard InChI is InChI=1S/C18H26ClN5O4S/c1-22-8-10-23(11-9-22)18(26)13(12-20)21-29(27,28)15-5-2-4-14(17(15)19)24-7-3-6-16(24)25/h2,4-5,13,21H,3,6-12,20H2,1H3/t13-/m0/s1. The summed E-state index contributed by atoms with van der Waals surface area (Å²) in [5.74, 6) is -0.453. The molecule has 0 saturated carbocycles. The van der Waals surface area contributed by atoms with Gasteiger partial charge in [-0.25, -0.2) is 8.42 Å². The van der Waals surface area contributed by atoms with E-state index in [0.29, 0.717) is 51.3 Å². The van der Waals surface area contributed by atoms with Crippen molar-refractivity contribution in [2.75, 3.05) is 51.2 Å². The van der Waals surface area contributed by atoms with Crippen LogP contribution in [0.5, 0.6) is 0 Å². The fourth-order valence-corrected chi connectivity index (χ4v) is 5.34. The van der Waals surface area contributed by atoms with Crippen LogP contribution in [0.3, 0.4) is 0 Å². The molecule has 1 atom stereocenters. The van der Waals surface area contributed by atoms with Gasteiger partial charge in [0.15, 0.2) is 0 Å². The second kappa shape index (κ2) is 8.97. The third kappa shape index (κ3) is 4.72. The highest BCUT2D eigenvalue weighted by Crippen LogP contribution is 2.34. The normalized spacial score (nSPS) is 19.6. The van der Waals surface area contributed by atoms with Crippen molar-refractivity contribution in [3.05, 3.63) is 23.2 Å². The van der Waals surface area contributed by atoms with E-state index in [1.54, 1.807) is 11.0 Å². The minimum Gasteiger partial charge on any atom is -0.339 e. The fraction of sp³-hybridized carbons (Fsp3) is 0.556. The van der Waals surface area contributed by atoms with E-state index in [0.717, 1.165) is 0 Å². The lowest BCUT2D eigenvalue weighted by Gasteiger charge is -2.34. The average Bonchev–Trinajstić information content (AvgIpc) is 3.12. The van der Waals surface area contributed by atoms with Gasteiger partial charge in [0.25, 0.3) is 0 Å². The van der Waals surface area contributed by atoms with Crippen molar-refractivity contribution in [1.82, 2.24) is 14.5 Å². The molecule has 2 aliphatic heterocycles. The lowest BCUT2D eigenvalue weighted by molar-refractivity contribution is -0.134. The molecule has 160 valence electrons. The van der Waals surface area contributed by atoms with Crippen LogP contribution in [0.1, 0.15) is 12.8 Å². The van der Waals surface area contributed by atoms with Crippen molar-refractivity contribution in [3.8, 4) is 0 Å². The zero-order valence-corrected chi connectivity index (χ0v) is 17.9. The lowest BCUT2D eigenvalue weighted by Crippen LogP contribution is -2.56. The van der Waals surface area contributed by atoms with Crippen LogP contribution in [0.15, 0.2) is 23.1 Å². The van der Waals surface area contributed by atoms with E-state index in [1.807, 2.05) is 7.05 Å². The van der Waals surface area contributed by atoms with Crippen molar-refractivity contribution in [1.29, 1.82) is 0 Å². The van der Waals surface area contributed by atoms with Gasteiger partial charge in [0, 0.05) is 45.7 Å². The van der Waals surface area contributed by atoms with Gasteiger partial charge in [-0.2, -0.15) is 4.72 Å². The summed E-state index contributed by atoms with van der Waals surface area (Å²) in [5.41, 5.74) is 6.06. The Bertz CT molecular complexity index is 886. The van der Waals surface area contributed by atoms with Crippen LogP contribution >= 0.6 is 11.6 Å². The van der Waals surface area contributed by atoms with E-state index >= 15 is 0 Å². The van der Waals surface area contributed by atoms with E-state index in [-0.39, 0.29) is 28.3 Å². The number of likely N-dealkylation sites (N-methyl/N-ethyl adjacent to an activating group) is 1. The molecule has 1 aromatic carbocycles. The van der Waals surface area contributed by atoms with Crippen LogP contribution in [0.2, 0.25) is 5.02 Å². The minimum atomic E-state index is -4.12. The first-order chi connectivity index (χ1) is 13.7. The predicted octanol–water partition coefficient (Wildman–Crippen LogP) is -0.154. The van der Waals surface area contributed by atoms with Gasteiger partial charge in [-0.3, -0.25) is 9.59 Å². The van der Waals surface area contributed by atoms with Crippen LogP contribution in [0.4, 0.5) is 5.69 Å². The molecule has 1 aromatic rings. The van der Waals surface area contributed by atoms with Crippen LogP contribution in [-0.2, 0) is 19.6 Å². The number of rotatable bonds is 6. The Hall–Kier alpha value is -1.72. The Labute approximate surface area is 175 Å². The zero-order chi connectivity index (χ0) is 21.2. The summed E-state index contributed by atoms with van der Waals surface area (Å²) in [7, 11) is -2.16. The van der Waals surface area contributed by atoms with Gasteiger partial charge < -0.3 is 20.4 Å². The monoisotopic (exact) mass is 443 g/mol. The van der Waals surface area contributed by atoms with Crippen LogP contribution in [-0.4, -0.2) is 82.4 Å². The molecule has 9 nitrogen and oxygen atoms in total. The van der Waals surface area contributed by atoms with E-state index in [2.05, 4.69) is 9.62 Å². The highest BCUT2D eigenvalue weighted by molar-refractivity contribution is 7.89. The molecule has 3 rings (SSSR count). The van der Waals surface area contributed by atoms with Gasteiger partial charge in [0.2, 0.25) is 21.8 Å². The average molecular weight is 444 g/mol. The van der Waals surface area contributed by atoms with Crippen molar-refractivity contribution < 1.29 is 18.0 Å². The van der Waals surface area contributed by atoms with Gasteiger partial charge in [-0.1, -0.05) is 17.7 Å². The van der Waals surface area contributed by atoms with Crippen molar-refractivity contribution in [2.24, 2.45) is 5.73 Å². The second-order valence-corrected chi connectivity index (χ2v) is 9.34. The molecule has 11 heteroatoms. The molecule has 29 heavy (non-hydrogen) atoms. The highest BCUT2D eigenvalue weighted by Gasteiger charge is 2.32. The number of nitrogens with two attached hydrogens (primary N) is 1. The number of sulfonamides is 1. The van der Waals surface area contributed by atoms with Crippen molar-refractivity contribution >= 4 is 39.1 Å². The third-order valence-corrected chi connectivity index (χ3v) is 7.27. The van der Waals surface area contributed by atoms with Crippen molar-refractivity contribution in [2.45, 2.75) is 23.8 Å². The molecule has 2 aliphatic rings. The number of hydrogen-bond donors (Lipinski definition) is 2. The largest absolute Gasteiger partial charge is 0.339 e. The number of halogens is 1. The SMILES string of the molecule is CN1CCN(C(=O)[C@H](CN)NS(=O)(=O)c2cccc(N3CCCC3=O)c2Cl)CC1. The summed E-state index contributed by atoms with van der Waals surface area (Å²) in [6.07, 6.45) is 1.10. The number of amides is 2. The van der Waals surface area contributed by atoms with Crippen LogP contribution < -0.4 is 15.4 Å². The summed E-state index contributed by atoms with van der Waals surface area (Å²) in [6.45, 7) is 2.78. The zero-order valence-electron chi connectivity index (χ0n) is 16.3. The maximum Gasteiger partial charge on any atom is 0.242 e. The van der Waals surface area contributed by atoms with Crippen LogP contribution in [0.25, 0.3) is 0 Å². The number of piperazine rings is 1. The molecule has 2 amide bonds. The molecule has 0 aromatic heterocycles. The number of benzene rings is 1. The number of nitrogens with one attached hydrogen (secondary N) is 1. The van der Waals surface area contributed by atoms with Gasteiger partial charge in [0.1, 0.15) is 10.9 Å². The maximum absolute atomic E-state index is 13.0. The number of anilines is 1. The Morgan fingerprint density at radius 1 is 1.24 bits per heavy atom. The van der Waals surface area contributed by atoms with Crippen molar-refractivity contribution in [3.63, 3.8) is 0 Å². The van der Waals surface area contributed by atoms with Gasteiger partial charge in [-0.05, 0) is 25.6 Å². The number of carbonyl (C=O) groups is 2. The quantitative estimate of drug-likeness (QED) is 0.631. The molecule has 3 N–H and O–H groups in total. The molecule has 2 fully saturated rings. The van der Waals surface area contributed by atoms with Gasteiger partial charge >= 0.3 is 0 Å². The van der Waals surface area contributed by atoms with Gasteiger partial charge in [-0.15, -0.1) is 0 Å². The fourth-order valence-electron chi connectivity index (χ4n) is 3.52. The van der Waals surface area contributed by atoms with Crippen LogP contribution in [0, 0.1) is 0 Å². The van der Waals surface area contributed by atoms with E-state index in [9.17, 15) is 18.0 Å². The smallest absolute Gasteiger partial charge is 0.242 e. The maximum atomic E-state index is 13.0. The Morgan fingerprint density at radius 2 is 1.93 bits per heavy atom. The molecule has 2 heterocycles. The Balaban J connectivity index is 1.81. The summed E-state index contributed by atoms with van der Waals surface area (Å²) in [6, 6.07) is 3.40. The summed E-state index contributed by atoms with van der Waals surface area (Å²) in [4.78, 5) is 29.8. The minimum absolute atomic E-state index is 0.0435. The molecule has 0 unspecified atom stereocenters. The molecule has 0 aliphatic carbocycles. The topological polar surface area (TPSA) is 116 Å². The second-order valence-electron chi connectivity index (χ2n) is 7.28. The molecular weight excluding hydrogens is 418 g/mol. The number of carbonyl (C=O) groups excluding carboxylic acids is 2. The first kappa shape index (κ1) is 22.0. The first-order valence-electron chi connectivity index (χ1n) is 9.53.